The summed E-state index contributed by atoms with van der Waals surface area (Å²) in [6.45, 7) is 2.63. The second-order valence-corrected chi connectivity index (χ2v) is 4.39. The van der Waals surface area contributed by atoms with Crippen LogP contribution in [0.25, 0.3) is 0 Å². The molecule has 0 saturated heterocycles. The van der Waals surface area contributed by atoms with Crippen molar-refractivity contribution in [3.63, 3.8) is 0 Å². The van der Waals surface area contributed by atoms with Crippen LogP contribution in [0.3, 0.4) is 0 Å². The summed E-state index contributed by atoms with van der Waals surface area (Å²) in [5.41, 5.74) is 0.150. The van der Waals surface area contributed by atoms with E-state index in [2.05, 4.69) is 10.1 Å². The Morgan fingerprint density at radius 1 is 1.37 bits per heavy atom. The van der Waals surface area contributed by atoms with E-state index in [-0.39, 0.29) is 5.02 Å². The topological polar surface area (TPSA) is 30.7 Å². The number of aromatic nitrogens is 3. The van der Waals surface area contributed by atoms with E-state index in [0.717, 1.165) is 11.8 Å². The highest BCUT2D eigenvalue weighted by Crippen LogP contribution is 2.35. The Bertz CT molecular complexity index is 578. The predicted molar refractivity (Wildman–Crippen MR) is 65.0 cm³/mol. The number of pyridine rings is 1. The van der Waals surface area contributed by atoms with Crippen LogP contribution in [-0.4, -0.2) is 14.8 Å². The Kier molecular flexibility index (Phi) is 3.80. The molecule has 2 rings (SSSR count). The average molecular weight is 290 g/mol. The van der Waals surface area contributed by atoms with Crippen molar-refractivity contribution < 1.29 is 13.2 Å². The lowest BCUT2D eigenvalue weighted by Gasteiger charge is -2.10. The molecule has 0 aromatic carbocycles. The highest BCUT2D eigenvalue weighted by Gasteiger charge is 2.35. The van der Waals surface area contributed by atoms with Gasteiger partial charge in [0, 0.05) is 25.4 Å². The van der Waals surface area contributed by atoms with E-state index in [0.29, 0.717) is 18.5 Å². The summed E-state index contributed by atoms with van der Waals surface area (Å²) in [5.74, 6) is 0. The van der Waals surface area contributed by atoms with Crippen LogP contribution in [0, 0.1) is 0 Å². The molecule has 2 aromatic heterocycles. The minimum absolute atomic E-state index is 0.296. The van der Waals surface area contributed by atoms with Gasteiger partial charge in [-0.1, -0.05) is 11.6 Å². The number of rotatable bonds is 3. The van der Waals surface area contributed by atoms with Crippen LogP contribution in [0.2, 0.25) is 5.02 Å². The second-order valence-electron chi connectivity index (χ2n) is 4.01. The van der Waals surface area contributed by atoms with Crippen molar-refractivity contribution in [1.29, 1.82) is 0 Å². The molecular formula is C12H11ClF3N3. The van der Waals surface area contributed by atoms with Crippen LogP contribution in [0.4, 0.5) is 13.2 Å². The number of hydrogen-bond donors (Lipinski definition) is 0. The Hall–Kier alpha value is -1.56. The molecule has 0 atom stereocenters. The summed E-state index contributed by atoms with van der Waals surface area (Å²) < 4.78 is 39.7. The molecule has 2 heterocycles. The maximum absolute atomic E-state index is 12.7. The zero-order valence-corrected chi connectivity index (χ0v) is 10.8. The van der Waals surface area contributed by atoms with Gasteiger partial charge in [0.15, 0.2) is 5.69 Å². The van der Waals surface area contributed by atoms with Crippen LogP contribution in [0.5, 0.6) is 0 Å². The van der Waals surface area contributed by atoms with Crippen molar-refractivity contribution in [1.82, 2.24) is 14.8 Å². The fourth-order valence-electron chi connectivity index (χ4n) is 1.71. The molecule has 7 heteroatoms. The molecule has 0 fully saturated rings. The van der Waals surface area contributed by atoms with Gasteiger partial charge in [-0.05, 0) is 24.1 Å². The number of hydrogen-bond acceptors (Lipinski definition) is 2. The van der Waals surface area contributed by atoms with E-state index in [1.54, 1.807) is 17.1 Å². The van der Waals surface area contributed by atoms with E-state index in [1.807, 2.05) is 6.92 Å². The summed E-state index contributed by atoms with van der Waals surface area (Å²) in [7, 11) is 0. The third kappa shape index (κ3) is 3.07. The molecular weight excluding hydrogens is 279 g/mol. The van der Waals surface area contributed by atoms with Gasteiger partial charge in [0.1, 0.15) is 0 Å². The van der Waals surface area contributed by atoms with Gasteiger partial charge in [0.05, 0.1) is 11.2 Å². The van der Waals surface area contributed by atoms with Crippen molar-refractivity contribution in [3.8, 4) is 0 Å². The summed E-state index contributed by atoms with van der Waals surface area (Å²) in [5, 5.41) is 3.72. The van der Waals surface area contributed by atoms with Crippen LogP contribution in [0.1, 0.15) is 23.7 Å². The molecule has 19 heavy (non-hydrogen) atoms. The standard InChI is InChI=1S/C12H11ClF3N3/c1-2-19-7-8(6-18-19)5-9-3-4-17-11(10(9)13)12(14,15)16/h3-4,6-7H,2,5H2,1H3. The first-order valence-electron chi connectivity index (χ1n) is 5.63. The fourth-order valence-corrected chi connectivity index (χ4v) is 1.99. The van der Waals surface area contributed by atoms with Gasteiger partial charge in [-0.25, -0.2) is 0 Å². The summed E-state index contributed by atoms with van der Waals surface area (Å²) in [6, 6.07) is 1.49. The minimum Gasteiger partial charge on any atom is -0.273 e. The van der Waals surface area contributed by atoms with Gasteiger partial charge < -0.3 is 0 Å². The Labute approximate surface area is 113 Å². The van der Waals surface area contributed by atoms with Crippen LogP contribution in [0.15, 0.2) is 24.7 Å². The third-order valence-electron chi connectivity index (χ3n) is 2.64. The Morgan fingerprint density at radius 3 is 2.68 bits per heavy atom. The van der Waals surface area contributed by atoms with Crippen molar-refractivity contribution in [2.24, 2.45) is 0 Å². The van der Waals surface area contributed by atoms with Crippen molar-refractivity contribution in [2.45, 2.75) is 26.1 Å². The maximum Gasteiger partial charge on any atom is 0.434 e. The minimum atomic E-state index is -4.54. The third-order valence-corrected chi connectivity index (χ3v) is 3.06. The van der Waals surface area contributed by atoms with Gasteiger partial charge in [-0.2, -0.15) is 18.3 Å². The molecule has 0 radical (unpaired) electrons. The lowest BCUT2D eigenvalue weighted by molar-refractivity contribution is -0.141. The SMILES string of the molecule is CCn1cc(Cc2ccnc(C(F)(F)F)c2Cl)cn1. The zero-order valence-electron chi connectivity index (χ0n) is 10.1. The Morgan fingerprint density at radius 2 is 2.11 bits per heavy atom. The summed E-state index contributed by atoms with van der Waals surface area (Å²) in [4.78, 5) is 3.30. The number of aryl methyl sites for hydroxylation is 1. The van der Waals surface area contributed by atoms with Crippen LogP contribution < -0.4 is 0 Å². The summed E-state index contributed by atoms with van der Waals surface area (Å²) >= 11 is 5.77. The van der Waals surface area contributed by atoms with E-state index in [4.69, 9.17) is 11.6 Å². The molecule has 102 valence electrons. The molecule has 0 aliphatic rings. The largest absolute Gasteiger partial charge is 0.434 e. The van der Waals surface area contributed by atoms with Gasteiger partial charge in [0.2, 0.25) is 0 Å². The van der Waals surface area contributed by atoms with Crippen LogP contribution in [-0.2, 0) is 19.1 Å². The first-order valence-corrected chi connectivity index (χ1v) is 6.01. The van der Waals surface area contributed by atoms with Crippen molar-refractivity contribution >= 4 is 11.6 Å². The first-order chi connectivity index (χ1) is 8.91. The highest BCUT2D eigenvalue weighted by molar-refractivity contribution is 6.32. The fraction of sp³-hybridized carbons (Fsp3) is 0.333. The highest BCUT2D eigenvalue weighted by atomic mass is 35.5. The molecule has 3 nitrogen and oxygen atoms in total. The van der Waals surface area contributed by atoms with Gasteiger partial charge in [0.25, 0.3) is 0 Å². The lowest BCUT2D eigenvalue weighted by Crippen LogP contribution is -2.10. The van der Waals surface area contributed by atoms with Crippen molar-refractivity contribution in [2.75, 3.05) is 0 Å². The Balaban J connectivity index is 2.31. The second kappa shape index (κ2) is 5.21. The maximum atomic E-state index is 12.7. The molecule has 0 unspecified atom stereocenters. The predicted octanol–water partition coefficient (Wildman–Crippen LogP) is 3.56. The normalized spacial score (nSPS) is 11.8. The van der Waals surface area contributed by atoms with Crippen LogP contribution >= 0.6 is 11.6 Å². The monoisotopic (exact) mass is 289 g/mol. The van der Waals surface area contributed by atoms with E-state index >= 15 is 0 Å². The van der Waals surface area contributed by atoms with E-state index < -0.39 is 11.9 Å². The lowest BCUT2D eigenvalue weighted by atomic mass is 10.1. The molecule has 0 amide bonds. The number of halogens is 4. The molecule has 0 aliphatic carbocycles. The quantitative estimate of drug-likeness (QED) is 0.865. The van der Waals surface area contributed by atoms with Gasteiger partial charge >= 0.3 is 6.18 Å². The number of nitrogens with zero attached hydrogens (tertiary/aromatic N) is 3. The van der Waals surface area contributed by atoms with E-state index in [1.165, 1.54) is 6.07 Å². The number of alkyl halides is 3. The van der Waals surface area contributed by atoms with Gasteiger partial charge in [-0.15, -0.1) is 0 Å². The molecule has 0 spiro atoms. The first kappa shape index (κ1) is 13.9. The van der Waals surface area contributed by atoms with Crippen molar-refractivity contribution in [3.05, 3.63) is 46.5 Å². The smallest absolute Gasteiger partial charge is 0.273 e. The molecule has 0 bridgehead atoms. The molecule has 0 saturated carbocycles. The molecule has 2 aromatic rings. The molecule has 0 aliphatic heterocycles. The van der Waals surface area contributed by atoms with E-state index in [9.17, 15) is 13.2 Å². The molecule has 0 N–H and O–H groups in total. The zero-order chi connectivity index (χ0) is 14.0. The van der Waals surface area contributed by atoms with Gasteiger partial charge in [-0.3, -0.25) is 9.67 Å². The average Bonchev–Trinajstić information content (AvgIpc) is 2.78. The summed E-state index contributed by atoms with van der Waals surface area (Å²) in [6.07, 6.45) is 0.275.